The van der Waals surface area contributed by atoms with E-state index in [9.17, 15) is 14.4 Å². The van der Waals surface area contributed by atoms with Gasteiger partial charge in [-0.25, -0.2) is 0 Å². The Labute approximate surface area is 180 Å². The highest BCUT2D eigenvalue weighted by Gasteiger charge is 2.28. The smallest absolute Gasteiger partial charge is 0.309 e. The number of hydrogen-bond donors (Lipinski definition) is 1. The van der Waals surface area contributed by atoms with Crippen molar-refractivity contribution in [3.05, 3.63) is 51.7 Å². The van der Waals surface area contributed by atoms with Gasteiger partial charge in [-0.1, -0.05) is 18.2 Å². The third kappa shape index (κ3) is 5.90. The molecule has 3 rings (SSSR count). The standard InChI is InChI=1S/C22H28N4O5/c1-3-31-22(29)15-10-12-26(13-11-15)20(27)9-8-17-21(28)23-19(25-24-17)14-16-6-4-5-7-18(16)30-2/h4-7,15H,3,8-14H2,1-2H3,(H,23,25,28). The van der Waals surface area contributed by atoms with E-state index in [4.69, 9.17) is 9.47 Å². The molecule has 1 amide bonds. The van der Waals surface area contributed by atoms with Crippen LogP contribution in [-0.4, -0.2) is 58.8 Å². The Morgan fingerprint density at radius 2 is 1.94 bits per heavy atom. The Balaban J connectivity index is 1.52. The van der Waals surface area contributed by atoms with Crippen LogP contribution in [-0.2, 0) is 27.2 Å². The maximum absolute atomic E-state index is 12.5. The maximum Gasteiger partial charge on any atom is 0.309 e. The average molecular weight is 428 g/mol. The molecule has 166 valence electrons. The number of piperidine rings is 1. The van der Waals surface area contributed by atoms with E-state index in [0.717, 1.165) is 5.56 Å². The van der Waals surface area contributed by atoms with Gasteiger partial charge in [-0.15, -0.1) is 10.2 Å². The lowest BCUT2D eigenvalue weighted by Crippen LogP contribution is -2.40. The number of rotatable bonds is 8. The molecule has 9 nitrogen and oxygen atoms in total. The lowest BCUT2D eigenvalue weighted by Gasteiger charge is -2.30. The number of nitrogens with zero attached hydrogens (tertiary/aromatic N) is 3. The van der Waals surface area contributed by atoms with Gasteiger partial charge >= 0.3 is 5.97 Å². The molecule has 1 aromatic carbocycles. The van der Waals surface area contributed by atoms with Crippen molar-refractivity contribution >= 4 is 11.9 Å². The van der Waals surface area contributed by atoms with Gasteiger partial charge in [-0.3, -0.25) is 14.4 Å². The van der Waals surface area contributed by atoms with Gasteiger partial charge in [-0.05, 0) is 25.8 Å². The summed E-state index contributed by atoms with van der Waals surface area (Å²) in [5.41, 5.74) is 0.788. The number of esters is 1. The first-order valence-corrected chi connectivity index (χ1v) is 10.5. The Bertz CT molecular complexity index is 966. The van der Waals surface area contributed by atoms with Crippen molar-refractivity contribution in [3.8, 4) is 5.75 Å². The molecule has 2 heterocycles. The fraction of sp³-hybridized carbons (Fsp3) is 0.500. The van der Waals surface area contributed by atoms with Gasteiger partial charge in [0.1, 0.15) is 17.3 Å². The van der Waals surface area contributed by atoms with Crippen LogP contribution in [0.15, 0.2) is 29.1 Å². The lowest BCUT2D eigenvalue weighted by atomic mass is 9.96. The number of benzene rings is 1. The summed E-state index contributed by atoms with van der Waals surface area (Å²) in [5.74, 6) is 0.761. The largest absolute Gasteiger partial charge is 0.496 e. The molecule has 1 saturated heterocycles. The number of carbonyl (C=O) groups excluding carboxylic acids is 2. The number of hydrogen-bond acceptors (Lipinski definition) is 7. The summed E-state index contributed by atoms with van der Waals surface area (Å²) < 4.78 is 10.4. The van der Waals surface area contributed by atoms with E-state index >= 15 is 0 Å². The van der Waals surface area contributed by atoms with Crippen LogP contribution in [0.25, 0.3) is 0 Å². The van der Waals surface area contributed by atoms with Crippen molar-refractivity contribution < 1.29 is 19.1 Å². The SMILES string of the molecule is CCOC(=O)C1CCN(C(=O)CCc2nnc(Cc3ccccc3OC)[nH]c2=O)CC1. The minimum atomic E-state index is -0.339. The second-order valence-corrected chi connectivity index (χ2v) is 7.44. The Kier molecular flexibility index (Phi) is 7.75. The molecule has 0 unspecified atom stereocenters. The van der Waals surface area contributed by atoms with Gasteiger partial charge in [0.2, 0.25) is 5.91 Å². The Hall–Kier alpha value is -3.23. The predicted molar refractivity (Wildman–Crippen MR) is 113 cm³/mol. The second-order valence-electron chi connectivity index (χ2n) is 7.44. The monoisotopic (exact) mass is 428 g/mol. The highest BCUT2D eigenvalue weighted by molar-refractivity contribution is 5.77. The number of likely N-dealkylation sites (tertiary alicyclic amines) is 1. The molecule has 0 bridgehead atoms. The number of aromatic amines is 1. The number of H-pyrrole nitrogens is 1. The molecule has 0 radical (unpaired) electrons. The molecule has 0 saturated carbocycles. The molecular weight excluding hydrogens is 400 g/mol. The fourth-order valence-electron chi connectivity index (χ4n) is 3.67. The normalized spacial score (nSPS) is 14.3. The van der Waals surface area contributed by atoms with Gasteiger partial charge in [-0.2, -0.15) is 0 Å². The van der Waals surface area contributed by atoms with E-state index in [2.05, 4.69) is 15.2 Å². The Morgan fingerprint density at radius 1 is 1.19 bits per heavy atom. The number of ether oxygens (including phenoxy) is 2. The molecule has 1 aliphatic heterocycles. The zero-order valence-electron chi connectivity index (χ0n) is 17.9. The zero-order valence-corrected chi connectivity index (χ0v) is 17.9. The number of para-hydroxylation sites is 1. The third-order valence-electron chi connectivity index (χ3n) is 5.41. The summed E-state index contributed by atoms with van der Waals surface area (Å²) in [6.07, 6.45) is 1.98. The van der Waals surface area contributed by atoms with Crippen molar-refractivity contribution in [2.75, 3.05) is 26.8 Å². The molecule has 31 heavy (non-hydrogen) atoms. The van der Waals surface area contributed by atoms with E-state index in [-0.39, 0.29) is 41.9 Å². The minimum absolute atomic E-state index is 0.0541. The van der Waals surface area contributed by atoms with Crippen molar-refractivity contribution in [1.82, 2.24) is 20.1 Å². The van der Waals surface area contributed by atoms with Crippen LogP contribution in [0.5, 0.6) is 5.75 Å². The fourth-order valence-corrected chi connectivity index (χ4v) is 3.67. The summed E-state index contributed by atoms with van der Waals surface area (Å²) in [7, 11) is 1.59. The summed E-state index contributed by atoms with van der Waals surface area (Å²) in [4.78, 5) is 41.2. The van der Waals surface area contributed by atoms with Crippen molar-refractivity contribution in [3.63, 3.8) is 0 Å². The molecule has 9 heteroatoms. The predicted octanol–water partition coefficient (Wildman–Crippen LogP) is 1.50. The number of amides is 1. The first-order valence-electron chi connectivity index (χ1n) is 10.5. The van der Waals surface area contributed by atoms with E-state index in [0.29, 0.717) is 50.5 Å². The van der Waals surface area contributed by atoms with Gasteiger partial charge in [0, 0.05) is 37.9 Å². The van der Waals surface area contributed by atoms with Crippen molar-refractivity contribution in [2.45, 2.75) is 39.0 Å². The van der Waals surface area contributed by atoms with E-state index in [1.54, 1.807) is 18.9 Å². The van der Waals surface area contributed by atoms with Crippen LogP contribution < -0.4 is 10.3 Å². The topological polar surface area (TPSA) is 114 Å². The lowest BCUT2D eigenvalue weighted by molar-refractivity contribution is -0.151. The average Bonchev–Trinajstić information content (AvgIpc) is 2.79. The van der Waals surface area contributed by atoms with Crippen LogP contribution in [0, 0.1) is 5.92 Å². The van der Waals surface area contributed by atoms with E-state index in [1.807, 2.05) is 24.3 Å². The van der Waals surface area contributed by atoms with Gasteiger partial charge < -0.3 is 19.4 Å². The minimum Gasteiger partial charge on any atom is -0.496 e. The first kappa shape index (κ1) is 22.5. The van der Waals surface area contributed by atoms with Gasteiger partial charge in [0.25, 0.3) is 5.56 Å². The highest BCUT2D eigenvalue weighted by Crippen LogP contribution is 2.20. The quantitative estimate of drug-likeness (QED) is 0.634. The molecule has 1 N–H and O–H groups in total. The first-order chi connectivity index (χ1) is 15.0. The van der Waals surface area contributed by atoms with Crippen LogP contribution in [0.2, 0.25) is 0 Å². The summed E-state index contributed by atoms with van der Waals surface area (Å²) >= 11 is 0. The number of carbonyl (C=O) groups is 2. The number of methoxy groups -OCH3 is 1. The molecule has 0 aliphatic carbocycles. The number of aromatic nitrogens is 3. The number of aryl methyl sites for hydroxylation is 1. The highest BCUT2D eigenvalue weighted by atomic mass is 16.5. The molecule has 0 spiro atoms. The molecule has 1 fully saturated rings. The van der Waals surface area contributed by atoms with Crippen LogP contribution in [0.3, 0.4) is 0 Å². The van der Waals surface area contributed by atoms with E-state index in [1.165, 1.54) is 0 Å². The van der Waals surface area contributed by atoms with Gasteiger partial charge in [0.05, 0.1) is 19.6 Å². The third-order valence-corrected chi connectivity index (χ3v) is 5.41. The second kappa shape index (κ2) is 10.7. The van der Waals surface area contributed by atoms with Crippen LogP contribution in [0.4, 0.5) is 0 Å². The summed E-state index contributed by atoms with van der Waals surface area (Å²) in [6, 6.07) is 7.50. The van der Waals surface area contributed by atoms with E-state index < -0.39 is 0 Å². The molecule has 0 atom stereocenters. The van der Waals surface area contributed by atoms with Crippen molar-refractivity contribution in [1.29, 1.82) is 0 Å². The van der Waals surface area contributed by atoms with Gasteiger partial charge in [0.15, 0.2) is 0 Å². The maximum atomic E-state index is 12.5. The Morgan fingerprint density at radius 3 is 2.61 bits per heavy atom. The molecule has 1 aliphatic rings. The molecule has 1 aromatic heterocycles. The molecular formula is C22H28N4O5. The molecule has 2 aromatic rings. The van der Waals surface area contributed by atoms with Crippen LogP contribution >= 0.6 is 0 Å². The number of nitrogens with one attached hydrogen (secondary N) is 1. The van der Waals surface area contributed by atoms with Crippen molar-refractivity contribution in [2.24, 2.45) is 5.92 Å². The summed E-state index contributed by atoms with van der Waals surface area (Å²) in [5, 5.41) is 8.15. The zero-order chi connectivity index (χ0) is 22.2. The summed E-state index contributed by atoms with van der Waals surface area (Å²) in [6.45, 7) is 3.18. The van der Waals surface area contributed by atoms with Crippen LogP contribution in [0.1, 0.15) is 43.3 Å².